The van der Waals surface area contributed by atoms with Crippen molar-refractivity contribution in [2.45, 2.75) is 0 Å². The Balaban J connectivity index is 1.25. The van der Waals surface area contributed by atoms with Crippen LogP contribution in [0.2, 0.25) is 0 Å². The quantitative estimate of drug-likeness (QED) is 0.219. The van der Waals surface area contributed by atoms with E-state index in [1.807, 2.05) is 36.4 Å². The van der Waals surface area contributed by atoms with E-state index in [1.165, 1.54) is 0 Å². The Bertz CT molecular complexity index is 2160. The summed E-state index contributed by atoms with van der Waals surface area (Å²) in [6.07, 6.45) is 0. The van der Waals surface area contributed by atoms with Crippen LogP contribution in [0.15, 0.2) is 156 Å². The Morgan fingerprint density at radius 1 is 0.476 bits per heavy atom. The Hall–Kier alpha value is -5.74. The summed E-state index contributed by atoms with van der Waals surface area (Å²) in [6, 6.07) is 52.0. The third-order valence-corrected chi connectivity index (χ3v) is 7.65. The Morgan fingerprint density at radius 2 is 1.10 bits per heavy atom. The zero-order valence-electron chi connectivity index (χ0n) is 22.7. The Labute approximate surface area is 243 Å². The van der Waals surface area contributed by atoms with E-state index in [4.69, 9.17) is 14.4 Å². The molecule has 2 aromatic heterocycles. The van der Waals surface area contributed by atoms with Crippen molar-refractivity contribution >= 4 is 22.1 Å². The summed E-state index contributed by atoms with van der Waals surface area (Å²) in [6.45, 7) is 0. The summed E-state index contributed by atoms with van der Waals surface area (Å²) in [5, 5.41) is 0. The second-order valence-corrected chi connectivity index (χ2v) is 10.3. The van der Waals surface area contributed by atoms with E-state index in [0.29, 0.717) is 5.89 Å². The number of aromatic nitrogens is 3. The predicted molar refractivity (Wildman–Crippen MR) is 170 cm³/mol. The van der Waals surface area contributed by atoms with Crippen LogP contribution in [-0.4, -0.2) is 14.5 Å². The van der Waals surface area contributed by atoms with Gasteiger partial charge in [0.2, 0.25) is 5.89 Å². The minimum absolute atomic E-state index is 0.595. The maximum atomic E-state index is 6.44. The average molecular weight is 540 g/mol. The molecular formula is C38H25N3O. The molecule has 0 spiro atoms. The lowest BCUT2D eigenvalue weighted by molar-refractivity contribution is 0.620. The molecule has 8 aromatic rings. The van der Waals surface area contributed by atoms with Crippen molar-refractivity contribution in [3.05, 3.63) is 152 Å². The van der Waals surface area contributed by atoms with Crippen LogP contribution in [-0.2, 0) is 0 Å². The first-order valence-corrected chi connectivity index (χ1v) is 14.0. The zero-order valence-corrected chi connectivity index (χ0v) is 22.7. The molecule has 0 aliphatic rings. The maximum absolute atomic E-state index is 6.44. The van der Waals surface area contributed by atoms with Crippen molar-refractivity contribution in [2.75, 3.05) is 0 Å². The van der Waals surface area contributed by atoms with Gasteiger partial charge >= 0.3 is 0 Å². The minimum atomic E-state index is 0.595. The molecule has 2 heterocycles. The highest BCUT2D eigenvalue weighted by atomic mass is 16.3. The molecule has 0 saturated carbocycles. The molecule has 4 nitrogen and oxygen atoms in total. The van der Waals surface area contributed by atoms with Crippen LogP contribution in [0.1, 0.15) is 0 Å². The van der Waals surface area contributed by atoms with Crippen LogP contribution in [0.3, 0.4) is 0 Å². The summed E-state index contributed by atoms with van der Waals surface area (Å²) in [5.74, 6) is 1.50. The Morgan fingerprint density at radius 3 is 1.81 bits per heavy atom. The average Bonchev–Trinajstić information content (AvgIpc) is 3.68. The first kappa shape index (κ1) is 24.1. The number of rotatable bonds is 5. The van der Waals surface area contributed by atoms with E-state index in [0.717, 1.165) is 67.0 Å². The molecular weight excluding hydrogens is 514 g/mol. The highest BCUT2D eigenvalue weighted by Crippen LogP contribution is 2.37. The molecule has 0 aliphatic carbocycles. The Kier molecular flexibility index (Phi) is 5.75. The van der Waals surface area contributed by atoms with E-state index < -0.39 is 0 Å². The van der Waals surface area contributed by atoms with Crippen LogP contribution in [0.25, 0.3) is 72.9 Å². The van der Waals surface area contributed by atoms with Gasteiger partial charge in [0.15, 0.2) is 5.58 Å². The highest BCUT2D eigenvalue weighted by Gasteiger charge is 2.17. The standard InChI is InChI=1S/C38H25N3O/c1-4-12-26(13-5-1)30-24-32(27-14-6-2-7-15-27)36-35(25-30)42-38(40-36)29-20-22-31(23-21-29)41-34-19-11-10-18-33(34)39-37(41)28-16-8-3-9-17-28/h1-25H. The monoisotopic (exact) mass is 539 g/mol. The number of hydrogen-bond donors (Lipinski definition) is 0. The number of benzene rings is 6. The van der Waals surface area contributed by atoms with Gasteiger partial charge in [-0.15, -0.1) is 0 Å². The topological polar surface area (TPSA) is 43.9 Å². The summed E-state index contributed by atoms with van der Waals surface area (Å²) in [4.78, 5) is 9.99. The molecule has 0 unspecified atom stereocenters. The third-order valence-electron chi connectivity index (χ3n) is 7.65. The lowest BCUT2D eigenvalue weighted by Crippen LogP contribution is -1.97. The van der Waals surface area contributed by atoms with Crippen LogP contribution in [0, 0.1) is 0 Å². The fraction of sp³-hybridized carbons (Fsp3) is 0. The van der Waals surface area contributed by atoms with E-state index in [9.17, 15) is 0 Å². The largest absolute Gasteiger partial charge is 0.436 e. The number of hydrogen-bond acceptors (Lipinski definition) is 3. The molecule has 6 aromatic carbocycles. The van der Waals surface area contributed by atoms with Gasteiger partial charge in [-0.2, -0.15) is 0 Å². The lowest BCUT2D eigenvalue weighted by atomic mass is 9.98. The smallest absolute Gasteiger partial charge is 0.227 e. The van der Waals surface area contributed by atoms with Gasteiger partial charge < -0.3 is 4.42 Å². The first-order chi connectivity index (χ1) is 20.8. The van der Waals surface area contributed by atoms with Crippen LogP contribution in [0.4, 0.5) is 0 Å². The number of imidazole rings is 1. The lowest BCUT2D eigenvalue weighted by Gasteiger charge is -2.10. The SMILES string of the molecule is c1ccc(-c2cc(-c3ccccc3)c3nc(-c4ccc(-n5c(-c6ccccc6)nc6ccccc65)cc4)oc3c2)cc1. The second-order valence-electron chi connectivity index (χ2n) is 10.3. The minimum Gasteiger partial charge on any atom is -0.436 e. The maximum Gasteiger partial charge on any atom is 0.227 e. The van der Waals surface area contributed by atoms with Gasteiger partial charge in [0.1, 0.15) is 11.3 Å². The number of para-hydroxylation sites is 2. The third kappa shape index (κ3) is 4.18. The van der Waals surface area contributed by atoms with Crippen molar-refractivity contribution in [1.29, 1.82) is 0 Å². The van der Waals surface area contributed by atoms with Gasteiger partial charge in [-0.1, -0.05) is 103 Å². The predicted octanol–water partition coefficient (Wildman–Crippen LogP) is 9.83. The molecule has 4 heteroatoms. The highest BCUT2D eigenvalue weighted by molar-refractivity contribution is 5.96. The van der Waals surface area contributed by atoms with Gasteiger partial charge in [0.05, 0.1) is 11.0 Å². The summed E-state index contributed by atoms with van der Waals surface area (Å²) in [7, 11) is 0. The summed E-state index contributed by atoms with van der Waals surface area (Å²) in [5.41, 5.74) is 11.1. The molecule has 8 rings (SSSR count). The molecule has 198 valence electrons. The van der Waals surface area contributed by atoms with Gasteiger partial charge in [0.25, 0.3) is 0 Å². The van der Waals surface area contributed by atoms with Crippen molar-refractivity contribution in [1.82, 2.24) is 14.5 Å². The van der Waals surface area contributed by atoms with E-state index in [1.54, 1.807) is 0 Å². The molecule has 0 bridgehead atoms. The summed E-state index contributed by atoms with van der Waals surface area (Å²) >= 11 is 0. The molecule has 0 radical (unpaired) electrons. The number of nitrogens with zero attached hydrogens (tertiary/aromatic N) is 3. The van der Waals surface area contributed by atoms with E-state index >= 15 is 0 Å². The van der Waals surface area contributed by atoms with Crippen molar-refractivity contribution in [2.24, 2.45) is 0 Å². The molecule has 0 fully saturated rings. The van der Waals surface area contributed by atoms with Gasteiger partial charge in [-0.25, -0.2) is 9.97 Å². The van der Waals surface area contributed by atoms with E-state index in [-0.39, 0.29) is 0 Å². The second kappa shape index (κ2) is 10.0. The van der Waals surface area contributed by atoms with Crippen LogP contribution < -0.4 is 0 Å². The summed E-state index contributed by atoms with van der Waals surface area (Å²) < 4.78 is 8.65. The first-order valence-electron chi connectivity index (χ1n) is 14.0. The zero-order chi connectivity index (χ0) is 27.9. The van der Waals surface area contributed by atoms with Gasteiger partial charge in [0, 0.05) is 22.4 Å². The van der Waals surface area contributed by atoms with Gasteiger partial charge in [-0.05, 0) is 65.2 Å². The normalized spacial score (nSPS) is 11.3. The molecule has 0 N–H and O–H groups in total. The number of fused-ring (bicyclic) bond motifs is 2. The van der Waals surface area contributed by atoms with Crippen molar-refractivity contribution < 1.29 is 4.42 Å². The van der Waals surface area contributed by atoms with Crippen LogP contribution in [0.5, 0.6) is 0 Å². The van der Waals surface area contributed by atoms with Crippen molar-refractivity contribution in [3.63, 3.8) is 0 Å². The molecule has 0 aliphatic heterocycles. The van der Waals surface area contributed by atoms with Gasteiger partial charge in [-0.3, -0.25) is 4.57 Å². The van der Waals surface area contributed by atoms with Crippen LogP contribution >= 0.6 is 0 Å². The molecule has 0 atom stereocenters. The molecule has 0 amide bonds. The number of oxazole rings is 1. The molecule has 0 saturated heterocycles. The molecule has 42 heavy (non-hydrogen) atoms. The fourth-order valence-corrected chi connectivity index (χ4v) is 5.61. The van der Waals surface area contributed by atoms with Crippen molar-refractivity contribution in [3.8, 4) is 50.8 Å². The fourth-order valence-electron chi connectivity index (χ4n) is 5.61. The van der Waals surface area contributed by atoms with E-state index in [2.05, 4.69) is 120 Å².